The van der Waals surface area contributed by atoms with Gasteiger partial charge in [-0.1, -0.05) is 0 Å². The zero-order valence-corrected chi connectivity index (χ0v) is 10.7. The molecule has 5 nitrogen and oxygen atoms in total. The second-order valence-electron chi connectivity index (χ2n) is 4.29. The number of carbonyl (C=O) groups excluding carboxylic acids is 1. The highest BCUT2D eigenvalue weighted by Gasteiger charge is 2.18. The minimum atomic E-state index is -0.921. The third kappa shape index (κ3) is 2.29. The van der Waals surface area contributed by atoms with Crippen molar-refractivity contribution in [2.45, 2.75) is 0 Å². The van der Waals surface area contributed by atoms with E-state index in [1.165, 1.54) is 14.1 Å². The van der Waals surface area contributed by atoms with Crippen molar-refractivity contribution < 1.29 is 13.6 Å². The molecule has 0 bridgehead atoms. The van der Waals surface area contributed by atoms with E-state index in [0.29, 0.717) is 6.07 Å². The van der Waals surface area contributed by atoms with Gasteiger partial charge in [-0.05, 0) is 12.1 Å². The number of aromatic nitrogens is 2. The van der Waals surface area contributed by atoms with Gasteiger partial charge in [0, 0.05) is 31.9 Å². The van der Waals surface area contributed by atoms with Crippen LogP contribution in [-0.2, 0) is 14.1 Å². The Morgan fingerprint density at radius 1 is 1.05 bits per heavy atom. The molecular weight excluding hydrogens is 270 g/mol. The van der Waals surface area contributed by atoms with Gasteiger partial charge in [-0.2, -0.15) is 0 Å². The van der Waals surface area contributed by atoms with Crippen LogP contribution in [0.4, 0.5) is 8.78 Å². The van der Waals surface area contributed by atoms with E-state index in [2.05, 4.69) is 0 Å². The van der Waals surface area contributed by atoms with E-state index in [4.69, 9.17) is 0 Å². The fraction of sp³-hybridized carbons (Fsp3) is 0.154. The summed E-state index contributed by atoms with van der Waals surface area (Å²) in [4.78, 5) is 35.5. The van der Waals surface area contributed by atoms with E-state index < -0.39 is 28.7 Å². The molecule has 1 heterocycles. The topological polar surface area (TPSA) is 61.1 Å². The molecule has 0 atom stereocenters. The van der Waals surface area contributed by atoms with Gasteiger partial charge in [0.25, 0.3) is 5.56 Å². The van der Waals surface area contributed by atoms with E-state index in [0.717, 1.165) is 27.5 Å². The highest BCUT2D eigenvalue weighted by molar-refractivity contribution is 6.08. The molecule has 0 N–H and O–H groups in total. The molecule has 1 aromatic carbocycles. The molecule has 0 aliphatic rings. The molecule has 0 saturated carbocycles. The monoisotopic (exact) mass is 280 g/mol. The predicted octanol–water partition coefficient (Wildman–Crippen LogP) is 0.593. The molecule has 2 aromatic rings. The molecular formula is C13H10F2N2O3. The molecule has 0 spiro atoms. The molecule has 0 aliphatic carbocycles. The largest absolute Gasteiger partial charge is 0.330 e. The summed E-state index contributed by atoms with van der Waals surface area (Å²) < 4.78 is 28.0. The molecule has 104 valence electrons. The number of halogens is 2. The number of hydrogen-bond acceptors (Lipinski definition) is 3. The summed E-state index contributed by atoms with van der Waals surface area (Å²) >= 11 is 0. The molecule has 0 aliphatic heterocycles. The summed E-state index contributed by atoms with van der Waals surface area (Å²) in [6.07, 6.45) is 1.05. The van der Waals surface area contributed by atoms with Crippen molar-refractivity contribution in [3.63, 3.8) is 0 Å². The van der Waals surface area contributed by atoms with Crippen LogP contribution in [0, 0.1) is 11.6 Å². The summed E-state index contributed by atoms with van der Waals surface area (Å²) in [5.41, 5.74) is -2.04. The van der Waals surface area contributed by atoms with Crippen LogP contribution in [0.3, 0.4) is 0 Å². The molecule has 0 unspecified atom stereocenters. The van der Waals surface area contributed by atoms with Gasteiger partial charge in [0.1, 0.15) is 17.2 Å². The van der Waals surface area contributed by atoms with E-state index in [1.54, 1.807) is 0 Å². The van der Waals surface area contributed by atoms with Crippen LogP contribution < -0.4 is 11.2 Å². The number of ketones is 1. The molecule has 0 saturated heterocycles. The zero-order chi connectivity index (χ0) is 15.0. The Hall–Kier alpha value is -2.57. The minimum Gasteiger partial charge on any atom is -0.303 e. The molecule has 20 heavy (non-hydrogen) atoms. The lowest BCUT2D eigenvalue weighted by Crippen LogP contribution is -2.39. The Bertz CT molecular complexity index is 801. The van der Waals surface area contributed by atoms with Crippen LogP contribution in [-0.4, -0.2) is 14.9 Å². The van der Waals surface area contributed by atoms with E-state index in [-0.39, 0.29) is 11.1 Å². The Morgan fingerprint density at radius 3 is 2.15 bits per heavy atom. The highest BCUT2D eigenvalue weighted by Crippen LogP contribution is 2.11. The van der Waals surface area contributed by atoms with E-state index in [9.17, 15) is 23.2 Å². The van der Waals surface area contributed by atoms with Gasteiger partial charge >= 0.3 is 5.69 Å². The molecule has 0 fully saturated rings. The molecule has 0 amide bonds. The Kier molecular flexibility index (Phi) is 3.35. The third-order valence-corrected chi connectivity index (χ3v) is 2.82. The SMILES string of the molecule is Cn1cc(C(=O)c2cc(F)cc(F)c2)c(=O)n(C)c1=O. The van der Waals surface area contributed by atoms with Gasteiger partial charge in [0.15, 0.2) is 5.78 Å². The Morgan fingerprint density at radius 2 is 1.60 bits per heavy atom. The van der Waals surface area contributed by atoms with Crippen LogP contribution in [0.1, 0.15) is 15.9 Å². The second kappa shape index (κ2) is 4.84. The Balaban J connectivity index is 2.66. The maximum absolute atomic E-state index is 13.1. The Labute approximate surface area is 111 Å². The van der Waals surface area contributed by atoms with E-state index >= 15 is 0 Å². The second-order valence-corrected chi connectivity index (χ2v) is 4.29. The first-order chi connectivity index (χ1) is 9.31. The number of nitrogens with zero attached hydrogens (tertiary/aromatic N) is 2. The van der Waals surface area contributed by atoms with Crippen LogP contribution >= 0.6 is 0 Å². The number of rotatable bonds is 2. The fourth-order valence-corrected chi connectivity index (χ4v) is 1.80. The first-order valence-electron chi connectivity index (χ1n) is 5.58. The molecule has 1 aromatic heterocycles. The first kappa shape index (κ1) is 13.9. The van der Waals surface area contributed by atoms with Crippen molar-refractivity contribution in [2.75, 3.05) is 0 Å². The molecule has 0 radical (unpaired) electrons. The van der Waals surface area contributed by atoms with Gasteiger partial charge in [0.05, 0.1) is 0 Å². The molecule has 7 heteroatoms. The zero-order valence-electron chi connectivity index (χ0n) is 10.7. The highest BCUT2D eigenvalue weighted by atomic mass is 19.1. The average molecular weight is 280 g/mol. The van der Waals surface area contributed by atoms with E-state index in [1.807, 2.05) is 0 Å². The summed E-state index contributed by atoms with van der Waals surface area (Å²) in [7, 11) is 2.58. The summed E-state index contributed by atoms with van der Waals surface area (Å²) in [5, 5.41) is 0. The smallest absolute Gasteiger partial charge is 0.303 e. The standard InChI is InChI=1S/C13H10F2N2O3/c1-16-6-10(12(19)17(2)13(16)20)11(18)7-3-8(14)5-9(15)4-7/h3-6H,1-2H3. The lowest BCUT2D eigenvalue weighted by Gasteiger charge is -2.06. The van der Waals surface area contributed by atoms with Crippen molar-refractivity contribution in [1.29, 1.82) is 0 Å². The minimum absolute atomic E-state index is 0.293. The van der Waals surface area contributed by atoms with Gasteiger partial charge in [-0.3, -0.25) is 14.2 Å². The average Bonchev–Trinajstić information content (AvgIpc) is 2.38. The lowest BCUT2D eigenvalue weighted by molar-refractivity contribution is 0.103. The summed E-state index contributed by atoms with van der Waals surface area (Å²) in [6.45, 7) is 0. The van der Waals surface area contributed by atoms with Crippen molar-refractivity contribution >= 4 is 5.78 Å². The van der Waals surface area contributed by atoms with Crippen molar-refractivity contribution in [1.82, 2.24) is 9.13 Å². The van der Waals surface area contributed by atoms with Crippen LogP contribution in [0.5, 0.6) is 0 Å². The molecule has 2 rings (SSSR count). The van der Waals surface area contributed by atoms with Crippen LogP contribution in [0.15, 0.2) is 34.0 Å². The number of benzene rings is 1. The first-order valence-corrected chi connectivity index (χ1v) is 5.58. The lowest BCUT2D eigenvalue weighted by atomic mass is 10.1. The normalized spacial score (nSPS) is 10.6. The van der Waals surface area contributed by atoms with Gasteiger partial charge < -0.3 is 4.57 Å². The van der Waals surface area contributed by atoms with Gasteiger partial charge in [-0.15, -0.1) is 0 Å². The quantitative estimate of drug-likeness (QED) is 0.757. The summed E-state index contributed by atoms with van der Waals surface area (Å²) in [5.74, 6) is -2.69. The number of hydrogen-bond donors (Lipinski definition) is 0. The number of aryl methyl sites for hydroxylation is 1. The van der Waals surface area contributed by atoms with Crippen molar-refractivity contribution in [3.05, 3.63) is 68.0 Å². The van der Waals surface area contributed by atoms with Crippen molar-refractivity contribution in [2.24, 2.45) is 14.1 Å². The third-order valence-electron chi connectivity index (χ3n) is 2.82. The fourth-order valence-electron chi connectivity index (χ4n) is 1.80. The van der Waals surface area contributed by atoms with Gasteiger partial charge in [0.2, 0.25) is 0 Å². The summed E-state index contributed by atoms with van der Waals surface area (Å²) in [6, 6.07) is 2.28. The number of carbonyl (C=O) groups is 1. The maximum Gasteiger partial charge on any atom is 0.330 e. The predicted molar refractivity (Wildman–Crippen MR) is 66.7 cm³/mol. The maximum atomic E-state index is 13.1. The van der Waals surface area contributed by atoms with Gasteiger partial charge in [-0.25, -0.2) is 13.6 Å². The van der Waals surface area contributed by atoms with Crippen molar-refractivity contribution in [3.8, 4) is 0 Å². The van der Waals surface area contributed by atoms with Crippen LogP contribution in [0.25, 0.3) is 0 Å². The van der Waals surface area contributed by atoms with Crippen LogP contribution in [0.2, 0.25) is 0 Å².